The van der Waals surface area contributed by atoms with Crippen LogP contribution in [0.1, 0.15) is 29.5 Å². The number of alkyl halides is 3. The summed E-state index contributed by atoms with van der Waals surface area (Å²) >= 11 is 0. The largest absolute Gasteiger partial charge is 0.417 e. The lowest BCUT2D eigenvalue weighted by Gasteiger charge is -2.18. The summed E-state index contributed by atoms with van der Waals surface area (Å²) in [5, 5.41) is 0. The standard InChI is InChI=1S/C17H13F3/c18-17(19,20)15-11-5-10-14(12-6-1-2-7-12)16(15)13-8-3-4-9-13/h1-6,8,10-11H,7,9H2. The molecule has 0 atom stereocenters. The maximum atomic E-state index is 13.3. The Morgan fingerprint density at radius 2 is 1.50 bits per heavy atom. The van der Waals surface area contributed by atoms with Crippen LogP contribution in [0.15, 0.2) is 54.7 Å². The molecular weight excluding hydrogens is 261 g/mol. The Hall–Kier alpha value is -2.03. The first-order valence-electron chi connectivity index (χ1n) is 6.50. The van der Waals surface area contributed by atoms with E-state index in [4.69, 9.17) is 0 Å². The van der Waals surface area contributed by atoms with Gasteiger partial charge in [-0.05, 0) is 41.2 Å². The van der Waals surface area contributed by atoms with E-state index in [-0.39, 0.29) is 0 Å². The molecule has 0 unspecified atom stereocenters. The Morgan fingerprint density at radius 3 is 2.05 bits per heavy atom. The van der Waals surface area contributed by atoms with Crippen LogP contribution in [0.25, 0.3) is 11.1 Å². The van der Waals surface area contributed by atoms with Gasteiger partial charge in [-0.2, -0.15) is 13.2 Å². The van der Waals surface area contributed by atoms with Gasteiger partial charge >= 0.3 is 6.18 Å². The summed E-state index contributed by atoms with van der Waals surface area (Å²) in [6.45, 7) is 0. The zero-order chi connectivity index (χ0) is 14.2. The first kappa shape index (κ1) is 13.0. The highest BCUT2D eigenvalue weighted by Crippen LogP contribution is 2.41. The lowest BCUT2D eigenvalue weighted by molar-refractivity contribution is -0.137. The number of allylic oxidation sites excluding steroid dienone is 8. The summed E-state index contributed by atoms with van der Waals surface area (Å²) < 4.78 is 39.9. The third-order valence-electron chi connectivity index (χ3n) is 3.58. The van der Waals surface area contributed by atoms with Crippen molar-refractivity contribution in [2.75, 3.05) is 0 Å². The van der Waals surface area contributed by atoms with Crippen molar-refractivity contribution in [2.24, 2.45) is 0 Å². The first-order valence-corrected chi connectivity index (χ1v) is 6.50. The second-order valence-corrected chi connectivity index (χ2v) is 4.87. The minimum absolute atomic E-state index is 0.333. The van der Waals surface area contributed by atoms with Crippen LogP contribution in [-0.4, -0.2) is 0 Å². The van der Waals surface area contributed by atoms with E-state index in [2.05, 4.69) is 0 Å². The highest BCUT2D eigenvalue weighted by molar-refractivity contribution is 5.85. The Morgan fingerprint density at radius 1 is 0.850 bits per heavy atom. The maximum absolute atomic E-state index is 13.3. The second-order valence-electron chi connectivity index (χ2n) is 4.87. The quantitative estimate of drug-likeness (QED) is 0.678. The zero-order valence-corrected chi connectivity index (χ0v) is 10.7. The van der Waals surface area contributed by atoms with Gasteiger partial charge in [0.25, 0.3) is 0 Å². The Balaban J connectivity index is 2.19. The lowest BCUT2D eigenvalue weighted by atomic mass is 9.89. The van der Waals surface area contributed by atoms with Crippen molar-refractivity contribution >= 4 is 11.1 Å². The van der Waals surface area contributed by atoms with Crippen molar-refractivity contribution in [1.29, 1.82) is 0 Å². The highest BCUT2D eigenvalue weighted by atomic mass is 19.4. The minimum Gasteiger partial charge on any atom is -0.166 e. The fourth-order valence-corrected chi connectivity index (χ4v) is 2.68. The van der Waals surface area contributed by atoms with Crippen molar-refractivity contribution in [2.45, 2.75) is 19.0 Å². The molecule has 0 saturated carbocycles. The van der Waals surface area contributed by atoms with E-state index in [1.807, 2.05) is 30.4 Å². The minimum atomic E-state index is -4.33. The van der Waals surface area contributed by atoms with Crippen molar-refractivity contribution < 1.29 is 13.2 Å². The third-order valence-corrected chi connectivity index (χ3v) is 3.58. The van der Waals surface area contributed by atoms with Crippen LogP contribution in [0, 0.1) is 0 Å². The summed E-state index contributed by atoms with van der Waals surface area (Å²) in [5.41, 5.74) is 2.16. The van der Waals surface area contributed by atoms with Gasteiger partial charge in [0.1, 0.15) is 0 Å². The van der Waals surface area contributed by atoms with Crippen LogP contribution in [0.2, 0.25) is 0 Å². The zero-order valence-electron chi connectivity index (χ0n) is 10.7. The lowest BCUT2D eigenvalue weighted by Crippen LogP contribution is -2.10. The summed E-state index contributed by atoms with van der Waals surface area (Å²) in [7, 11) is 0. The fraction of sp³-hybridized carbons (Fsp3) is 0.176. The first-order chi connectivity index (χ1) is 9.57. The van der Waals surface area contributed by atoms with E-state index >= 15 is 0 Å². The molecule has 2 aliphatic carbocycles. The number of hydrogen-bond donors (Lipinski definition) is 0. The Labute approximate surface area is 115 Å². The summed E-state index contributed by atoms with van der Waals surface area (Å²) in [6, 6.07) is 4.44. The van der Waals surface area contributed by atoms with Gasteiger partial charge in [0.15, 0.2) is 0 Å². The van der Waals surface area contributed by atoms with E-state index in [1.54, 1.807) is 12.1 Å². The second kappa shape index (κ2) is 4.82. The van der Waals surface area contributed by atoms with Gasteiger partial charge in [0.05, 0.1) is 5.56 Å². The van der Waals surface area contributed by atoms with Crippen LogP contribution < -0.4 is 0 Å². The van der Waals surface area contributed by atoms with E-state index in [9.17, 15) is 13.2 Å². The molecule has 20 heavy (non-hydrogen) atoms. The van der Waals surface area contributed by atoms with Crippen molar-refractivity contribution in [1.82, 2.24) is 0 Å². The molecule has 1 aromatic rings. The van der Waals surface area contributed by atoms with E-state index in [0.29, 0.717) is 24.0 Å². The molecule has 0 bridgehead atoms. The molecule has 0 spiro atoms. The highest BCUT2D eigenvalue weighted by Gasteiger charge is 2.35. The third kappa shape index (κ3) is 2.24. The van der Waals surface area contributed by atoms with Crippen molar-refractivity contribution in [3.8, 4) is 0 Å². The summed E-state index contributed by atoms with van der Waals surface area (Å²) in [6.07, 6.45) is 8.12. The van der Waals surface area contributed by atoms with Crippen LogP contribution in [0.4, 0.5) is 13.2 Å². The Bertz CT molecular complexity index is 655. The van der Waals surface area contributed by atoms with Crippen LogP contribution in [0.3, 0.4) is 0 Å². The molecule has 2 aliphatic rings. The number of hydrogen-bond acceptors (Lipinski definition) is 0. The predicted molar refractivity (Wildman–Crippen MR) is 74.9 cm³/mol. The maximum Gasteiger partial charge on any atom is 0.417 e. The normalized spacial score (nSPS) is 17.6. The average Bonchev–Trinajstić information content (AvgIpc) is 3.10. The van der Waals surface area contributed by atoms with Crippen molar-refractivity contribution in [3.05, 3.63) is 71.3 Å². The average molecular weight is 274 g/mol. The van der Waals surface area contributed by atoms with E-state index in [1.165, 1.54) is 12.1 Å². The van der Waals surface area contributed by atoms with Gasteiger partial charge < -0.3 is 0 Å². The number of halogens is 3. The van der Waals surface area contributed by atoms with Crippen molar-refractivity contribution in [3.63, 3.8) is 0 Å². The van der Waals surface area contributed by atoms with Gasteiger partial charge in [0.2, 0.25) is 0 Å². The molecule has 0 aromatic heterocycles. The van der Waals surface area contributed by atoms with E-state index in [0.717, 1.165) is 11.1 Å². The molecule has 0 radical (unpaired) electrons. The van der Waals surface area contributed by atoms with Gasteiger partial charge in [-0.15, -0.1) is 0 Å². The van der Waals surface area contributed by atoms with Gasteiger partial charge in [-0.25, -0.2) is 0 Å². The molecule has 3 heteroatoms. The van der Waals surface area contributed by atoms with Gasteiger partial charge in [-0.1, -0.05) is 48.6 Å². The van der Waals surface area contributed by atoms with Gasteiger partial charge in [0, 0.05) is 0 Å². The van der Waals surface area contributed by atoms with Gasteiger partial charge in [-0.3, -0.25) is 0 Å². The monoisotopic (exact) mass is 274 g/mol. The number of rotatable bonds is 2. The molecule has 0 heterocycles. The van der Waals surface area contributed by atoms with Crippen LogP contribution in [-0.2, 0) is 6.18 Å². The summed E-state index contributed by atoms with van der Waals surface area (Å²) in [4.78, 5) is 0. The summed E-state index contributed by atoms with van der Waals surface area (Å²) in [5.74, 6) is 0. The number of benzene rings is 1. The molecule has 102 valence electrons. The topological polar surface area (TPSA) is 0 Å². The van der Waals surface area contributed by atoms with Crippen LogP contribution in [0.5, 0.6) is 0 Å². The molecule has 3 rings (SSSR count). The molecule has 0 fully saturated rings. The molecule has 0 saturated heterocycles. The Kier molecular flexibility index (Phi) is 3.13. The molecule has 0 amide bonds. The fourth-order valence-electron chi connectivity index (χ4n) is 2.68. The SMILES string of the molecule is FC(F)(F)c1cccc(C2=CC=CC2)c1C1=CC=CC1. The molecule has 0 N–H and O–H groups in total. The molecule has 0 aliphatic heterocycles. The molecule has 1 aromatic carbocycles. The van der Waals surface area contributed by atoms with Crippen LogP contribution >= 0.6 is 0 Å². The molecule has 0 nitrogen and oxygen atoms in total. The molecular formula is C17H13F3. The van der Waals surface area contributed by atoms with E-state index < -0.39 is 11.7 Å². The predicted octanol–water partition coefficient (Wildman–Crippen LogP) is 5.39. The smallest absolute Gasteiger partial charge is 0.166 e.